The first-order valence-electron chi connectivity index (χ1n) is 6.39. The SMILES string of the molecule is CCNC(Cc1ccc(F)c(Cl)c1)c1ccc(Cl)cn1. The van der Waals surface area contributed by atoms with E-state index < -0.39 is 5.82 Å². The highest BCUT2D eigenvalue weighted by Gasteiger charge is 2.13. The van der Waals surface area contributed by atoms with Gasteiger partial charge in [0, 0.05) is 6.20 Å². The average Bonchev–Trinajstić information content (AvgIpc) is 2.43. The second-order valence-electron chi connectivity index (χ2n) is 4.46. The maximum Gasteiger partial charge on any atom is 0.141 e. The van der Waals surface area contributed by atoms with Crippen molar-refractivity contribution in [2.75, 3.05) is 6.54 Å². The summed E-state index contributed by atoms with van der Waals surface area (Å²) in [6.45, 7) is 2.84. The van der Waals surface area contributed by atoms with Crippen LogP contribution in [0.4, 0.5) is 4.39 Å². The summed E-state index contributed by atoms with van der Waals surface area (Å²) in [5.74, 6) is -0.403. The molecule has 0 amide bonds. The lowest BCUT2D eigenvalue weighted by molar-refractivity contribution is 0.536. The number of benzene rings is 1. The van der Waals surface area contributed by atoms with E-state index in [1.807, 2.05) is 19.1 Å². The van der Waals surface area contributed by atoms with Crippen LogP contribution in [0.5, 0.6) is 0 Å². The van der Waals surface area contributed by atoms with Crippen molar-refractivity contribution in [1.82, 2.24) is 10.3 Å². The molecule has 1 atom stereocenters. The number of likely N-dealkylation sites (N-methyl/N-ethyl adjacent to an activating group) is 1. The molecule has 0 saturated carbocycles. The number of pyridine rings is 1. The first-order valence-corrected chi connectivity index (χ1v) is 7.14. The fourth-order valence-electron chi connectivity index (χ4n) is 2.02. The van der Waals surface area contributed by atoms with E-state index in [4.69, 9.17) is 23.2 Å². The molecule has 20 heavy (non-hydrogen) atoms. The number of rotatable bonds is 5. The van der Waals surface area contributed by atoms with Crippen LogP contribution in [0.2, 0.25) is 10.0 Å². The van der Waals surface area contributed by atoms with Crippen LogP contribution in [-0.4, -0.2) is 11.5 Å². The third-order valence-corrected chi connectivity index (χ3v) is 3.49. The van der Waals surface area contributed by atoms with Gasteiger partial charge < -0.3 is 5.32 Å². The van der Waals surface area contributed by atoms with Crippen molar-refractivity contribution < 1.29 is 4.39 Å². The van der Waals surface area contributed by atoms with Gasteiger partial charge in [0.05, 0.1) is 21.8 Å². The Hall–Kier alpha value is -1.16. The number of halogens is 3. The Labute approximate surface area is 127 Å². The molecule has 1 heterocycles. The summed E-state index contributed by atoms with van der Waals surface area (Å²) in [6.07, 6.45) is 2.31. The summed E-state index contributed by atoms with van der Waals surface area (Å²) in [7, 11) is 0. The van der Waals surface area contributed by atoms with Crippen molar-refractivity contribution in [2.45, 2.75) is 19.4 Å². The molecule has 1 aromatic carbocycles. The lowest BCUT2D eigenvalue weighted by Crippen LogP contribution is -2.23. The molecule has 0 saturated heterocycles. The van der Waals surface area contributed by atoms with Crippen molar-refractivity contribution in [2.24, 2.45) is 0 Å². The number of nitrogens with zero attached hydrogens (tertiary/aromatic N) is 1. The van der Waals surface area contributed by atoms with Gasteiger partial charge in [-0.05, 0) is 42.8 Å². The maximum atomic E-state index is 13.2. The van der Waals surface area contributed by atoms with Gasteiger partial charge in [-0.15, -0.1) is 0 Å². The molecule has 1 N–H and O–H groups in total. The first kappa shape index (κ1) is 15.2. The number of aromatic nitrogens is 1. The zero-order valence-electron chi connectivity index (χ0n) is 11.0. The number of nitrogens with one attached hydrogen (secondary N) is 1. The van der Waals surface area contributed by atoms with Crippen molar-refractivity contribution in [3.05, 3.63) is 63.6 Å². The van der Waals surface area contributed by atoms with Gasteiger partial charge in [-0.25, -0.2) is 4.39 Å². The first-order chi connectivity index (χ1) is 9.60. The van der Waals surface area contributed by atoms with Crippen LogP contribution >= 0.6 is 23.2 Å². The minimum Gasteiger partial charge on any atom is -0.309 e. The van der Waals surface area contributed by atoms with Crippen LogP contribution in [0.15, 0.2) is 36.5 Å². The summed E-state index contributed by atoms with van der Waals surface area (Å²) in [5, 5.41) is 4.10. The molecule has 5 heteroatoms. The zero-order chi connectivity index (χ0) is 14.5. The van der Waals surface area contributed by atoms with Gasteiger partial charge in [-0.1, -0.05) is 36.2 Å². The Morgan fingerprint density at radius 3 is 2.65 bits per heavy atom. The Kier molecular flexibility index (Phi) is 5.35. The molecule has 0 aliphatic heterocycles. The van der Waals surface area contributed by atoms with Crippen LogP contribution in [0, 0.1) is 5.82 Å². The van der Waals surface area contributed by atoms with Crippen molar-refractivity contribution >= 4 is 23.2 Å². The molecule has 0 fully saturated rings. The Balaban J connectivity index is 2.20. The van der Waals surface area contributed by atoms with Crippen LogP contribution in [0.25, 0.3) is 0 Å². The van der Waals surface area contributed by atoms with Crippen molar-refractivity contribution in [3.63, 3.8) is 0 Å². The van der Waals surface area contributed by atoms with E-state index in [0.717, 1.165) is 17.8 Å². The highest BCUT2D eigenvalue weighted by Crippen LogP contribution is 2.22. The lowest BCUT2D eigenvalue weighted by Gasteiger charge is -2.17. The van der Waals surface area contributed by atoms with Gasteiger partial charge in [0.2, 0.25) is 0 Å². The summed E-state index contributed by atoms with van der Waals surface area (Å²) in [4.78, 5) is 4.33. The highest BCUT2D eigenvalue weighted by atomic mass is 35.5. The quantitative estimate of drug-likeness (QED) is 0.884. The maximum absolute atomic E-state index is 13.2. The van der Waals surface area contributed by atoms with Crippen LogP contribution in [0.3, 0.4) is 0 Å². The van der Waals surface area contributed by atoms with E-state index in [1.165, 1.54) is 6.07 Å². The summed E-state index contributed by atoms with van der Waals surface area (Å²) >= 11 is 11.7. The van der Waals surface area contributed by atoms with Crippen LogP contribution < -0.4 is 5.32 Å². The fourth-order valence-corrected chi connectivity index (χ4v) is 2.34. The molecule has 0 bridgehead atoms. The van der Waals surface area contributed by atoms with Gasteiger partial charge in [-0.3, -0.25) is 4.98 Å². The molecule has 1 aromatic heterocycles. The Morgan fingerprint density at radius 1 is 1.25 bits per heavy atom. The normalized spacial score (nSPS) is 12.4. The van der Waals surface area contributed by atoms with E-state index in [1.54, 1.807) is 18.3 Å². The van der Waals surface area contributed by atoms with Gasteiger partial charge in [0.25, 0.3) is 0 Å². The lowest BCUT2D eigenvalue weighted by atomic mass is 10.0. The molecule has 0 radical (unpaired) electrons. The zero-order valence-corrected chi connectivity index (χ0v) is 12.5. The second-order valence-corrected chi connectivity index (χ2v) is 5.31. The van der Waals surface area contributed by atoms with Gasteiger partial charge in [0.15, 0.2) is 0 Å². The summed E-state index contributed by atoms with van der Waals surface area (Å²) < 4.78 is 13.2. The van der Waals surface area contributed by atoms with Crippen molar-refractivity contribution in [3.8, 4) is 0 Å². The van der Waals surface area contributed by atoms with E-state index in [9.17, 15) is 4.39 Å². The van der Waals surface area contributed by atoms with Crippen molar-refractivity contribution in [1.29, 1.82) is 0 Å². The molecular weight excluding hydrogens is 298 g/mol. The molecule has 0 aliphatic carbocycles. The van der Waals surface area contributed by atoms with Crippen LogP contribution in [0.1, 0.15) is 24.2 Å². The molecule has 0 spiro atoms. The fraction of sp³-hybridized carbons (Fsp3) is 0.267. The van der Waals surface area contributed by atoms with E-state index in [0.29, 0.717) is 11.4 Å². The molecule has 106 valence electrons. The average molecular weight is 313 g/mol. The smallest absolute Gasteiger partial charge is 0.141 e. The predicted octanol–water partition coefficient (Wildman–Crippen LogP) is 4.42. The molecular formula is C15H15Cl2FN2. The highest BCUT2D eigenvalue weighted by molar-refractivity contribution is 6.30. The summed E-state index contributed by atoms with van der Waals surface area (Å²) in [6, 6.07) is 8.51. The van der Waals surface area contributed by atoms with Gasteiger partial charge in [-0.2, -0.15) is 0 Å². The second kappa shape index (κ2) is 7.02. The van der Waals surface area contributed by atoms with E-state index >= 15 is 0 Å². The number of hydrogen-bond donors (Lipinski definition) is 1. The molecule has 2 rings (SSSR count). The monoisotopic (exact) mass is 312 g/mol. The Morgan fingerprint density at radius 2 is 2.05 bits per heavy atom. The summed E-state index contributed by atoms with van der Waals surface area (Å²) in [5.41, 5.74) is 1.86. The van der Waals surface area contributed by atoms with Crippen LogP contribution in [-0.2, 0) is 6.42 Å². The minimum absolute atomic E-state index is 0.0406. The predicted molar refractivity (Wildman–Crippen MR) is 80.8 cm³/mol. The standard InChI is InChI=1S/C15H15Cl2FN2/c1-2-19-15(14-6-4-11(16)9-20-14)8-10-3-5-13(18)12(17)7-10/h3-7,9,15,19H,2,8H2,1H3. The van der Waals surface area contributed by atoms with Gasteiger partial charge >= 0.3 is 0 Å². The van der Waals surface area contributed by atoms with Gasteiger partial charge in [0.1, 0.15) is 5.82 Å². The third kappa shape index (κ3) is 3.92. The molecule has 1 unspecified atom stereocenters. The van der Waals surface area contributed by atoms with E-state index in [-0.39, 0.29) is 11.1 Å². The van der Waals surface area contributed by atoms with E-state index in [2.05, 4.69) is 10.3 Å². The third-order valence-electron chi connectivity index (χ3n) is 2.98. The molecule has 0 aliphatic rings. The largest absolute Gasteiger partial charge is 0.309 e. The Bertz CT molecular complexity index is 573. The topological polar surface area (TPSA) is 24.9 Å². The number of hydrogen-bond acceptors (Lipinski definition) is 2. The minimum atomic E-state index is -0.403. The molecule has 2 nitrogen and oxygen atoms in total. The molecule has 2 aromatic rings.